The predicted octanol–water partition coefficient (Wildman–Crippen LogP) is 2.38. The van der Waals surface area contributed by atoms with E-state index in [1.165, 1.54) is 12.8 Å². The molecule has 0 spiro atoms. The maximum absolute atomic E-state index is 5.37. The van der Waals surface area contributed by atoms with Crippen LogP contribution in [0.25, 0.3) is 0 Å². The standard InChI is InChI=1S/C10H20BrNO/c1-10(2,7-12-8-11)9-3-5-13-6-4-9/h9,12H,3-8H2,1-2H3. The number of rotatable bonds is 4. The van der Waals surface area contributed by atoms with E-state index in [1.54, 1.807) is 0 Å². The molecule has 1 aliphatic heterocycles. The Bertz CT molecular complexity index is 144. The maximum Gasteiger partial charge on any atom is 0.0517 e. The van der Waals surface area contributed by atoms with Crippen LogP contribution in [0.3, 0.4) is 0 Å². The third-order valence-electron chi connectivity index (χ3n) is 3.00. The van der Waals surface area contributed by atoms with Gasteiger partial charge in [-0.05, 0) is 24.2 Å². The highest BCUT2D eigenvalue weighted by molar-refractivity contribution is 9.09. The lowest BCUT2D eigenvalue weighted by molar-refractivity contribution is 0.0233. The third kappa shape index (κ3) is 3.56. The lowest BCUT2D eigenvalue weighted by Crippen LogP contribution is -2.38. The largest absolute Gasteiger partial charge is 0.381 e. The molecule has 1 N–H and O–H groups in total. The van der Waals surface area contributed by atoms with Gasteiger partial charge in [-0.25, -0.2) is 0 Å². The second kappa shape index (κ2) is 5.32. The highest BCUT2D eigenvalue weighted by Gasteiger charge is 2.30. The van der Waals surface area contributed by atoms with Crippen LogP contribution in [0.15, 0.2) is 0 Å². The first-order valence-corrected chi connectivity index (χ1v) is 6.13. The lowest BCUT2D eigenvalue weighted by Gasteiger charge is -2.37. The van der Waals surface area contributed by atoms with E-state index in [9.17, 15) is 0 Å². The number of alkyl halides is 1. The van der Waals surface area contributed by atoms with Crippen molar-refractivity contribution >= 4 is 15.9 Å². The van der Waals surface area contributed by atoms with E-state index in [4.69, 9.17) is 4.74 Å². The first kappa shape index (κ1) is 11.5. The summed E-state index contributed by atoms with van der Waals surface area (Å²) in [5.41, 5.74) is 1.29. The van der Waals surface area contributed by atoms with Crippen molar-refractivity contribution in [3.63, 3.8) is 0 Å². The molecule has 1 aliphatic rings. The summed E-state index contributed by atoms with van der Waals surface area (Å²) in [6, 6.07) is 0. The summed E-state index contributed by atoms with van der Waals surface area (Å²) < 4.78 is 5.37. The number of hydrogen-bond acceptors (Lipinski definition) is 2. The second-order valence-corrected chi connectivity index (χ2v) is 5.00. The van der Waals surface area contributed by atoms with Crippen molar-refractivity contribution in [3.05, 3.63) is 0 Å². The van der Waals surface area contributed by atoms with Crippen LogP contribution >= 0.6 is 15.9 Å². The van der Waals surface area contributed by atoms with Crippen LogP contribution < -0.4 is 5.32 Å². The van der Waals surface area contributed by atoms with Gasteiger partial charge in [0.15, 0.2) is 0 Å². The van der Waals surface area contributed by atoms with E-state index in [-0.39, 0.29) is 0 Å². The minimum Gasteiger partial charge on any atom is -0.381 e. The Balaban J connectivity index is 2.36. The SMILES string of the molecule is CC(C)(CNCBr)C1CCOCC1. The molecule has 3 heteroatoms. The van der Waals surface area contributed by atoms with Crippen molar-refractivity contribution < 1.29 is 4.74 Å². The van der Waals surface area contributed by atoms with E-state index in [0.717, 1.165) is 31.1 Å². The van der Waals surface area contributed by atoms with Crippen molar-refractivity contribution in [1.82, 2.24) is 5.32 Å². The topological polar surface area (TPSA) is 21.3 Å². The van der Waals surface area contributed by atoms with Crippen molar-refractivity contribution in [2.75, 3.05) is 25.2 Å². The Kier molecular flexibility index (Phi) is 4.70. The number of halogens is 1. The van der Waals surface area contributed by atoms with Gasteiger partial charge < -0.3 is 10.1 Å². The lowest BCUT2D eigenvalue weighted by atomic mass is 9.74. The molecule has 0 aliphatic carbocycles. The summed E-state index contributed by atoms with van der Waals surface area (Å²) >= 11 is 3.39. The van der Waals surface area contributed by atoms with Crippen LogP contribution in [0.5, 0.6) is 0 Å². The van der Waals surface area contributed by atoms with E-state index < -0.39 is 0 Å². The van der Waals surface area contributed by atoms with Crippen molar-refractivity contribution in [1.29, 1.82) is 0 Å². The molecule has 0 atom stereocenters. The molecule has 0 unspecified atom stereocenters. The molecule has 1 saturated heterocycles. The molecule has 2 nitrogen and oxygen atoms in total. The predicted molar refractivity (Wildman–Crippen MR) is 59.1 cm³/mol. The van der Waals surface area contributed by atoms with Crippen LogP contribution in [0.2, 0.25) is 0 Å². The molecule has 0 bridgehead atoms. The molecule has 0 aromatic rings. The smallest absolute Gasteiger partial charge is 0.0517 e. The van der Waals surface area contributed by atoms with Gasteiger partial charge in [0.1, 0.15) is 0 Å². The first-order chi connectivity index (χ1) is 6.17. The van der Waals surface area contributed by atoms with Gasteiger partial charge in [-0.3, -0.25) is 0 Å². The Labute approximate surface area is 89.5 Å². The van der Waals surface area contributed by atoms with Crippen molar-refractivity contribution in [3.8, 4) is 0 Å². The second-order valence-electron chi connectivity index (χ2n) is 4.44. The molecule has 1 heterocycles. The van der Waals surface area contributed by atoms with Crippen LogP contribution in [-0.2, 0) is 4.74 Å². The minimum absolute atomic E-state index is 0.400. The number of hydrogen-bond donors (Lipinski definition) is 1. The molecule has 0 aromatic carbocycles. The van der Waals surface area contributed by atoms with Gasteiger partial charge >= 0.3 is 0 Å². The zero-order valence-electron chi connectivity index (χ0n) is 8.61. The molecular formula is C10H20BrNO. The Morgan fingerprint density at radius 1 is 1.38 bits per heavy atom. The molecular weight excluding hydrogens is 230 g/mol. The van der Waals surface area contributed by atoms with Crippen molar-refractivity contribution in [2.45, 2.75) is 26.7 Å². The summed E-state index contributed by atoms with van der Waals surface area (Å²) in [6.07, 6.45) is 2.44. The fourth-order valence-corrected chi connectivity index (χ4v) is 2.19. The molecule has 78 valence electrons. The quantitative estimate of drug-likeness (QED) is 0.611. The molecule has 0 amide bonds. The summed E-state index contributed by atoms with van der Waals surface area (Å²) in [5.74, 6) is 0.813. The van der Waals surface area contributed by atoms with E-state index >= 15 is 0 Å². The van der Waals surface area contributed by atoms with E-state index in [0.29, 0.717) is 5.41 Å². The summed E-state index contributed by atoms with van der Waals surface area (Å²) in [5, 5.41) is 3.36. The van der Waals surface area contributed by atoms with Gasteiger partial charge in [0, 0.05) is 19.8 Å². The highest BCUT2D eigenvalue weighted by atomic mass is 79.9. The molecule has 1 rings (SSSR count). The normalized spacial score (nSPS) is 20.5. The summed E-state index contributed by atoms with van der Waals surface area (Å²) in [4.78, 5) is 0. The molecule has 0 aromatic heterocycles. The van der Waals surface area contributed by atoms with Crippen molar-refractivity contribution in [2.24, 2.45) is 11.3 Å². The fraction of sp³-hybridized carbons (Fsp3) is 1.00. The van der Waals surface area contributed by atoms with Crippen LogP contribution in [0.4, 0.5) is 0 Å². The number of ether oxygens (including phenoxy) is 1. The summed E-state index contributed by atoms with van der Waals surface area (Å²) in [7, 11) is 0. The van der Waals surface area contributed by atoms with Crippen LogP contribution in [0, 0.1) is 11.3 Å². The highest BCUT2D eigenvalue weighted by Crippen LogP contribution is 2.33. The molecule has 0 saturated carbocycles. The minimum atomic E-state index is 0.400. The Hall–Kier alpha value is 0.400. The average molecular weight is 250 g/mol. The average Bonchev–Trinajstić information content (AvgIpc) is 2.16. The molecule has 1 fully saturated rings. The first-order valence-electron chi connectivity index (χ1n) is 5.01. The zero-order valence-corrected chi connectivity index (χ0v) is 10.2. The molecule has 13 heavy (non-hydrogen) atoms. The Morgan fingerprint density at radius 2 is 2.00 bits per heavy atom. The fourth-order valence-electron chi connectivity index (χ4n) is 1.99. The van der Waals surface area contributed by atoms with Crippen LogP contribution in [-0.4, -0.2) is 25.2 Å². The Morgan fingerprint density at radius 3 is 2.54 bits per heavy atom. The van der Waals surface area contributed by atoms with E-state index in [1.807, 2.05) is 0 Å². The van der Waals surface area contributed by atoms with Gasteiger partial charge in [0.05, 0.1) is 5.45 Å². The van der Waals surface area contributed by atoms with Gasteiger partial charge in [-0.15, -0.1) is 0 Å². The van der Waals surface area contributed by atoms with Gasteiger partial charge in [-0.2, -0.15) is 0 Å². The third-order valence-corrected chi connectivity index (χ3v) is 3.40. The monoisotopic (exact) mass is 249 g/mol. The zero-order chi connectivity index (χ0) is 9.73. The van der Waals surface area contributed by atoms with Crippen LogP contribution in [0.1, 0.15) is 26.7 Å². The van der Waals surface area contributed by atoms with Gasteiger partial charge in [0.2, 0.25) is 0 Å². The number of nitrogens with one attached hydrogen (secondary N) is 1. The van der Waals surface area contributed by atoms with Gasteiger partial charge in [0.25, 0.3) is 0 Å². The van der Waals surface area contributed by atoms with Gasteiger partial charge in [-0.1, -0.05) is 29.8 Å². The summed E-state index contributed by atoms with van der Waals surface area (Å²) in [6.45, 7) is 7.67. The molecule has 0 radical (unpaired) electrons. The van der Waals surface area contributed by atoms with E-state index in [2.05, 4.69) is 35.1 Å². The maximum atomic E-state index is 5.37.